The molecule has 0 aliphatic carbocycles. The van der Waals surface area contributed by atoms with E-state index in [4.69, 9.17) is 23.7 Å². The Balaban J connectivity index is 1.41. The quantitative estimate of drug-likeness (QED) is 0.0471. The van der Waals surface area contributed by atoms with Crippen LogP contribution < -0.4 is 4.74 Å². The van der Waals surface area contributed by atoms with Crippen molar-refractivity contribution in [2.24, 2.45) is 0 Å². The van der Waals surface area contributed by atoms with Gasteiger partial charge in [0.25, 0.3) is 0 Å². The average molecular weight is 789 g/mol. The maximum absolute atomic E-state index is 13.3. The summed E-state index contributed by atoms with van der Waals surface area (Å²) in [6.07, 6.45) is -10.7. The van der Waals surface area contributed by atoms with Crippen molar-refractivity contribution in [2.75, 3.05) is 6.61 Å². The highest BCUT2D eigenvalue weighted by Crippen LogP contribution is 2.40. The van der Waals surface area contributed by atoms with Crippen LogP contribution in [0.3, 0.4) is 0 Å². The van der Waals surface area contributed by atoms with Gasteiger partial charge in [0.2, 0.25) is 12.0 Å². The summed E-state index contributed by atoms with van der Waals surface area (Å²) in [6.45, 7) is -1.000. The number of hydrogen-bond acceptors (Lipinski definition) is 22. The second kappa shape index (κ2) is 15.4. The van der Waals surface area contributed by atoms with Crippen LogP contribution in [0.15, 0.2) is 48.5 Å². The zero-order valence-electron chi connectivity index (χ0n) is 27.7. The van der Waals surface area contributed by atoms with Gasteiger partial charge in [-0.05, 0) is 48.5 Å². The maximum Gasteiger partial charge on any atom is 0.343 e. The van der Waals surface area contributed by atoms with Crippen LogP contribution in [0, 0.1) is 0 Å². The highest BCUT2D eigenvalue weighted by molar-refractivity contribution is 5.95. The van der Waals surface area contributed by atoms with E-state index in [1.165, 1.54) is 0 Å². The smallest absolute Gasteiger partial charge is 0.343 e. The van der Waals surface area contributed by atoms with E-state index in [9.17, 15) is 85.6 Å². The van der Waals surface area contributed by atoms with Crippen molar-refractivity contribution in [3.63, 3.8) is 0 Å². The number of benzene rings is 4. The lowest BCUT2D eigenvalue weighted by molar-refractivity contribution is -0.284. The minimum atomic E-state index is -2.31. The van der Waals surface area contributed by atoms with E-state index in [1.54, 1.807) is 0 Å². The number of hydrogen-bond donors (Lipinski definition) is 13. The molecule has 5 rings (SSSR count). The minimum Gasteiger partial charge on any atom is -0.504 e. The number of phenolic OH excluding ortho intramolecular Hbond substituents is 11. The number of aromatic hydroxyl groups is 11. The summed E-state index contributed by atoms with van der Waals surface area (Å²) in [6, 6.07) is 5.27. The van der Waals surface area contributed by atoms with Crippen molar-refractivity contribution in [1.29, 1.82) is 0 Å². The lowest BCUT2D eigenvalue weighted by atomic mass is 9.98. The monoisotopic (exact) mass is 788 g/mol. The summed E-state index contributed by atoms with van der Waals surface area (Å²) < 4.78 is 25.8. The van der Waals surface area contributed by atoms with Gasteiger partial charge in [-0.1, -0.05) is 0 Å². The molecular formula is C34H28O22. The van der Waals surface area contributed by atoms with Gasteiger partial charge in [-0.25, -0.2) is 19.2 Å². The second-order valence-electron chi connectivity index (χ2n) is 11.7. The molecule has 2 unspecified atom stereocenters. The fourth-order valence-electron chi connectivity index (χ4n) is 5.00. The molecule has 296 valence electrons. The highest BCUT2D eigenvalue weighted by Gasteiger charge is 2.49. The van der Waals surface area contributed by atoms with Gasteiger partial charge in [0.1, 0.15) is 18.8 Å². The van der Waals surface area contributed by atoms with Crippen molar-refractivity contribution in [1.82, 2.24) is 0 Å². The molecule has 22 nitrogen and oxygen atoms in total. The van der Waals surface area contributed by atoms with Gasteiger partial charge in [0.15, 0.2) is 75.5 Å². The van der Waals surface area contributed by atoms with Crippen LogP contribution >= 0.6 is 0 Å². The highest BCUT2D eigenvalue weighted by atomic mass is 16.7. The molecule has 0 bridgehead atoms. The van der Waals surface area contributed by atoms with Crippen molar-refractivity contribution in [3.8, 4) is 69.0 Å². The number of phenols is 11. The van der Waals surface area contributed by atoms with E-state index < -0.39 is 152 Å². The molecule has 0 radical (unpaired) electrons. The summed E-state index contributed by atoms with van der Waals surface area (Å²) in [5.74, 6) is -17.4. The van der Waals surface area contributed by atoms with Crippen molar-refractivity contribution < 1.29 is 109 Å². The fourth-order valence-corrected chi connectivity index (χ4v) is 5.00. The topological polar surface area (TPSA) is 377 Å². The first kappa shape index (κ1) is 39.6. The second-order valence-corrected chi connectivity index (χ2v) is 11.7. The Hall–Kier alpha value is -7.56. The van der Waals surface area contributed by atoms with Gasteiger partial charge in [0, 0.05) is 0 Å². The van der Waals surface area contributed by atoms with Gasteiger partial charge in [-0.2, -0.15) is 0 Å². The summed E-state index contributed by atoms with van der Waals surface area (Å²) in [5, 5.41) is 130. The van der Waals surface area contributed by atoms with Crippen molar-refractivity contribution in [2.45, 2.75) is 30.7 Å². The van der Waals surface area contributed by atoms with Gasteiger partial charge >= 0.3 is 23.9 Å². The first-order valence-electron chi connectivity index (χ1n) is 15.4. The number of aliphatic hydroxyl groups excluding tert-OH is 2. The van der Waals surface area contributed by atoms with E-state index in [0.29, 0.717) is 48.5 Å². The Morgan fingerprint density at radius 2 is 0.857 bits per heavy atom. The molecule has 1 fully saturated rings. The standard InChI is InChI=1S/C34H28O22/c35-14-1-10(2-15(36)23(14)42)30(48)52-9-22-27(46)29(55-32(50)12-5-18(39)25(44)19(40)6-12)28(47)34(54-22)56-33(51)13-7-20(41)26(45)21(8-13)53-31(49)11-3-16(37)24(43)17(38)4-11/h1-8,22,27-29,34-47H,9H2/t22?,27-,28?,29+,34+/m1/s1. The average Bonchev–Trinajstić information content (AvgIpc) is 3.14. The third-order valence-electron chi connectivity index (χ3n) is 7.90. The molecule has 22 heteroatoms. The molecule has 56 heavy (non-hydrogen) atoms. The molecule has 13 N–H and O–H groups in total. The molecular weight excluding hydrogens is 760 g/mol. The third-order valence-corrected chi connectivity index (χ3v) is 7.90. The number of ether oxygens (including phenoxy) is 5. The van der Waals surface area contributed by atoms with Gasteiger partial charge in [-0.15, -0.1) is 0 Å². The van der Waals surface area contributed by atoms with Crippen molar-refractivity contribution in [3.05, 3.63) is 70.8 Å². The molecule has 0 aromatic heterocycles. The van der Waals surface area contributed by atoms with Crippen LogP contribution in [0.4, 0.5) is 0 Å². The van der Waals surface area contributed by atoms with E-state index in [1.807, 2.05) is 0 Å². The molecule has 0 spiro atoms. The number of esters is 4. The lowest BCUT2D eigenvalue weighted by Crippen LogP contribution is -2.61. The zero-order valence-corrected chi connectivity index (χ0v) is 27.7. The molecule has 4 aromatic rings. The maximum atomic E-state index is 13.3. The Kier molecular flexibility index (Phi) is 10.9. The molecule has 1 heterocycles. The Labute approximate surface area is 310 Å². The Morgan fingerprint density at radius 3 is 1.32 bits per heavy atom. The lowest BCUT2D eigenvalue weighted by Gasteiger charge is -2.41. The molecule has 0 amide bonds. The molecule has 1 saturated heterocycles. The Morgan fingerprint density at radius 1 is 0.482 bits per heavy atom. The zero-order chi connectivity index (χ0) is 41.3. The van der Waals surface area contributed by atoms with E-state index in [-0.39, 0.29) is 0 Å². The van der Waals surface area contributed by atoms with E-state index in [0.717, 1.165) is 0 Å². The van der Waals surface area contributed by atoms with Crippen LogP contribution in [-0.2, 0) is 18.9 Å². The summed E-state index contributed by atoms with van der Waals surface area (Å²) in [4.78, 5) is 51.6. The number of carbonyl (C=O) groups is 4. The molecule has 5 atom stereocenters. The number of carbonyl (C=O) groups excluding carboxylic acids is 4. The minimum absolute atomic E-state index is 0.524. The van der Waals surface area contributed by atoms with Crippen molar-refractivity contribution >= 4 is 23.9 Å². The number of rotatable bonds is 9. The Bertz CT molecular complexity index is 2160. The SMILES string of the molecule is O=C(OCC1O[C@@H](OC(=O)c2cc(O)c(O)c(OC(=O)c3cc(O)c(O)c(O)c3)c2)C(O)[C@@H](OC(=O)c2cc(O)c(O)c(O)c2)[C@@H]1O)c1cc(O)c(O)c(O)c1. The first-order chi connectivity index (χ1) is 26.3. The van der Waals surface area contributed by atoms with Gasteiger partial charge in [0.05, 0.1) is 22.3 Å². The molecule has 1 aliphatic rings. The van der Waals surface area contributed by atoms with E-state index in [2.05, 4.69) is 0 Å². The number of aliphatic hydroxyl groups is 2. The first-order valence-corrected chi connectivity index (χ1v) is 15.4. The molecule has 0 saturated carbocycles. The summed E-state index contributed by atoms with van der Waals surface area (Å²) in [5.41, 5.74) is -2.46. The predicted octanol–water partition coefficient (Wildman–Crippen LogP) is 0.353. The largest absolute Gasteiger partial charge is 0.504 e. The predicted molar refractivity (Wildman–Crippen MR) is 175 cm³/mol. The van der Waals surface area contributed by atoms with Crippen LogP contribution in [0.2, 0.25) is 0 Å². The van der Waals surface area contributed by atoms with Crippen LogP contribution in [0.5, 0.6) is 69.0 Å². The summed E-state index contributed by atoms with van der Waals surface area (Å²) >= 11 is 0. The van der Waals surface area contributed by atoms with Crippen LogP contribution in [-0.4, -0.2) is 128 Å². The molecule has 1 aliphatic heterocycles. The summed E-state index contributed by atoms with van der Waals surface area (Å²) in [7, 11) is 0. The van der Waals surface area contributed by atoms with Crippen LogP contribution in [0.25, 0.3) is 0 Å². The third kappa shape index (κ3) is 8.01. The molecule has 4 aromatic carbocycles. The van der Waals surface area contributed by atoms with Crippen LogP contribution in [0.1, 0.15) is 41.4 Å². The fraction of sp³-hybridized carbons (Fsp3) is 0.176. The van der Waals surface area contributed by atoms with E-state index >= 15 is 0 Å². The van der Waals surface area contributed by atoms with Gasteiger partial charge < -0.3 is 90.1 Å². The normalized spacial score (nSPS) is 19.1. The van der Waals surface area contributed by atoms with Gasteiger partial charge in [-0.3, -0.25) is 0 Å².